The summed E-state index contributed by atoms with van der Waals surface area (Å²) < 4.78 is 15.5. The average molecular weight is 396 g/mol. The van der Waals surface area contributed by atoms with E-state index in [4.69, 9.17) is 14.2 Å². The predicted octanol–water partition coefficient (Wildman–Crippen LogP) is 2.17. The van der Waals surface area contributed by atoms with Gasteiger partial charge in [-0.1, -0.05) is 30.3 Å². The van der Waals surface area contributed by atoms with Crippen LogP contribution in [0.3, 0.4) is 0 Å². The fourth-order valence-corrected chi connectivity index (χ4v) is 2.55. The largest absolute Gasteiger partial charge is 0.493 e. The van der Waals surface area contributed by atoms with E-state index >= 15 is 0 Å². The van der Waals surface area contributed by atoms with E-state index in [-0.39, 0.29) is 25.4 Å². The van der Waals surface area contributed by atoms with E-state index in [1.807, 2.05) is 6.07 Å². The molecule has 0 amide bonds. The van der Waals surface area contributed by atoms with Crippen molar-refractivity contribution in [3.63, 3.8) is 0 Å². The van der Waals surface area contributed by atoms with Crippen molar-refractivity contribution in [2.75, 3.05) is 20.8 Å². The van der Waals surface area contributed by atoms with E-state index in [9.17, 15) is 9.59 Å². The Bertz CT molecular complexity index is 988. The first-order chi connectivity index (χ1) is 14.1. The van der Waals surface area contributed by atoms with E-state index in [0.29, 0.717) is 28.5 Å². The number of ketones is 1. The first-order valence-corrected chi connectivity index (χ1v) is 8.85. The third kappa shape index (κ3) is 5.16. The number of benzene rings is 2. The van der Waals surface area contributed by atoms with E-state index in [1.54, 1.807) is 56.7 Å². The number of aromatic nitrogens is 4. The van der Waals surface area contributed by atoms with Crippen LogP contribution in [0.2, 0.25) is 0 Å². The molecule has 1 heterocycles. The molecule has 2 aromatic carbocycles. The molecule has 9 nitrogen and oxygen atoms in total. The number of ether oxygens (including phenoxy) is 3. The number of tetrazole rings is 1. The highest BCUT2D eigenvalue weighted by Gasteiger charge is 2.13. The molecule has 9 heteroatoms. The Morgan fingerprint density at radius 2 is 1.76 bits per heavy atom. The van der Waals surface area contributed by atoms with Crippen LogP contribution in [-0.2, 0) is 16.1 Å². The van der Waals surface area contributed by atoms with E-state index in [1.165, 1.54) is 4.80 Å². The van der Waals surface area contributed by atoms with Crippen molar-refractivity contribution in [1.82, 2.24) is 20.2 Å². The molecule has 3 aromatic rings. The van der Waals surface area contributed by atoms with Gasteiger partial charge >= 0.3 is 5.97 Å². The standard InChI is InChI=1S/C20H20N4O5/c1-27-17-9-8-15(12-18(17)28-2)20-21-23-24(22-20)11-10-19(26)29-13-16(25)14-6-4-3-5-7-14/h3-9,12H,10-11,13H2,1-2H3. The second-order valence-electron chi connectivity index (χ2n) is 5.98. The summed E-state index contributed by atoms with van der Waals surface area (Å²) in [5.41, 5.74) is 1.20. The Morgan fingerprint density at radius 1 is 1.00 bits per heavy atom. The minimum atomic E-state index is -0.515. The van der Waals surface area contributed by atoms with Crippen molar-refractivity contribution < 1.29 is 23.8 Å². The Morgan fingerprint density at radius 3 is 2.48 bits per heavy atom. The molecule has 0 aliphatic rings. The Labute approximate surface area is 167 Å². The van der Waals surface area contributed by atoms with Gasteiger partial charge in [-0.15, -0.1) is 10.2 Å². The quantitative estimate of drug-likeness (QED) is 0.400. The molecule has 0 unspecified atom stereocenters. The molecule has 0 atom stereocenters. The molecule has 0 fully saturated rings. The first kappa shape index (κ1) is 20.0. The van der Waals surface area contributed by atoms with Crippen molar-refractivity contribution in [3.05, 3.63) is 54.1 Å². The number of methoxy groups -OCH3 is 2. The molecular weight excluding hydrogens is 376 g/mol. The fourth-order valence-electron chi connectivity index (χ4n) is 2.55. The molecule has 150 valence electrons. The monoisotopic (exact) mass is 396 g/mol. The molecule has 3 rings (SSSR count). The van der Waals surface area contributed by atoms with Gasteiger partial charge in [0.05, 0.1) is 27.2 Å². The van der Waals surface area contributed by atoms with Gasteiger partial charge in [-0.3, -0.25) is 9.59 Å². The molecule has 0 aliphatic carbocycles. The fraction of sp³-hybridized carbons (Fsp3) is 0.250. The SMILES string of the molecule is COc1ccc(-c2nnn(CCC(=O)OCC(=O)c3ccccc3)n2)cc1OC. The van der Waals surface area contributed by atoms with Gasteiger partial charge in [-0.05, 0) is 23.4 Å². The second-order valence-corrected chi connectivity index (χ2v) is 5.98. The molecule has 0 radical (unpaired) electrons. The summed E-state index contributed by atoms with van der Waals surface area (Å²) >= 11 is 0. The molecule has 0 saturated carbocycles. The van der Waals surface area contributed by atoms with Crippen molar-refractivity contribution in [1.29, 1.82) is 0 Å². The Hall–Kier alpha value is -3.75. The van der Waals surface area contributed by atoms with E-state index in [0.717, 1.165) is 0 Å². The predicted molar refractivity (Wildman–Crippen MR) is 103 cm³/mol. The van der Waals surface area contributed by atoms with Gasteiger partial charge in [-0.2, -0.15) is 4.80 Å². The number of esters is 1. The number of nitrogens with zero attached hydrogens (tertiary/aromatic N) is 4. The summed E-state index contributed by atoms with van der Waals surface area (Å²) in [6.07, 6.45) is 0.0177. The van der Waals surface area contributed by atoms with Crippen LogP contribution in [0.15, 0.2) is 48.5 Å². The van der Waals surface area contributed by atoms with E-state index in [2.05, 4.69) is 15.4 Å². The van der Waals surface area contributed by atoms with Crippen LogP contribution in [0, 0.1) is 0 Å². The van der Waals surface area contributed by atoms with Gasteiger partial charge in [-0.25, -0.2) is 0 Å². The maximum Gasteiger partial charge on any atom is 0.308 e. The number of carbonyl (C=O) groups is 2. The number of rotatable bonds is 9. The van der Waals surface area contributed by atoms with Crippen molar-refractivity contribution >= 4 is 11.8 Å². The molecular formula is C20H20N4O5. The molecule has 0 N–H and O–H groups in total. The zero-order chi connectivity index (χ0) is 20.6. The summed E-state index contributed by atoms with van der Waals surface area (Å²) in [6, 6.07) is 13.9. The maximum atomic E-state index is 11.9. The van der Waals surface area contributed by atoms with Gasteiger partial charge in [0.1, 0.15) is 0 Å². The van der Waals surface area contributed by atoms with Crippen LogP contribution in [0.4, 0.5) is 0 Å². The normalized spacial score (nSPS) is 10.4. The van der Waals surface area contributed by atoms with E-state index < -0.39 is 5.97 Å². The van der Waals surface area contributed by atoms with Crippen LogP contribution in [0.1, 0.15) is 16.8 Å². The third-order valence-corrected chi connectivity index (χ3v) is 4.07. The minimum Gasteiger partial charge on any atom is -0.493 e. The lowest BCUT2D eigenvalue weighted by molar-refractivity contribution is -0.142. The molecule has 1 aromatic heterocycles. The van der Waals surface area contributed by atoms with Crippen molar-refractivity contribution in [2.45, 2.75) is 13.0 Å². The highest BCUT2D eigenvalue weighted by Crippen LogP contribution is 2.30. The number of hydrogen-bond acceptors (Lipinski definition) is 8. The Kier molecular flexibility index (Phi) is 6.51. The molecule has 0 bridgehead atoms. The lowest BCUT2D eigenvalue weighted by atomic mass is 10.1. The number of Topliss-reactive ketones (excluding diaryl/α,β-unsaturated/α-hetero) is 1. The van der Waals surface area contributed by atoms with Gasteiger partial charge < -0.3 is 14.2 Å². The third-order valence-electron chi connectivity index (χ3n) is 4.07. The molecule has 29 heavy (non-hydrogen) atoms. The van der Waals surface area contributed by atoms with Gasteiger partial charge in [0.2, 0.25) is 5.82 Å². The summed E-state index contributed by atoms with van der Waals surface area (Å²) in [6.45, 7) is -0.122. The number of carbonyl (C=O) groups excluding carboxylic acids is 2. The van der Waals surface area contributed by atoms with Crippen LogP contribution >= 0.6 is 0 Å². The van der Waals surface area contributed by atoms with Crippen LogP contribution in [-0.4, -0.2) is 52.8 Å². The summed E-state index contributed by atoms with van der Waals surface area (Å²) in [5.74, 6) is 0.760. The lowest BCUT2D eigenvalue weighted by Gasteiger charge is -2.07. The smallest absolute Gasteiger partial charge is 0.308 e. The first-order valence-electron chi connectivity index (χ1n) is 8.85. The molecule has 0 spiro atoms. The summed E-state index contributed by atoms with van der Waals surface area (Å²) in [7, 11) is 3.10. The summed E-state index contributed by atoms with van der Waals surface area (Å²) in [4.78, 5) is 25.1. The summed E-state index contributed by atoms with van der Waals surface area (Å²) in [5, 5.41) is 12.2. The average Bonchev–Trinajstić information content (AvgIpc) is 3.25. The van der Waals surface area contributed by atoms with Crippen molar-refractivity contribution in [2.24, 2.45) is 0 Å². The number of aryl methyl sites for hydroxylation is 1. The lowest BCUT2D eigenvalue weighted by Crippen LogP contribution is -2.16. The molecule has 0 aliphatic heterocycles. The van der Waals surface area contributed by atoms with Gasteiger partial charge in [0.25, 0.3) is 0 Å². The van der Waals surface area contributed by atoms with Crippen LogP contribution in [0.5, 0.6) is 11.5 Å². The maximum absolute atomic E-state index is 11.9. The molecule has 0 saturated heterocycles. The van der Waals surface area contributed by atoms with Crippen LogP contribution < -0.4 is 9.47 Å². The van der Waals surface area contributed by atoms with Crippen LogP contribution in [0.25, 0.3) is 11.4 Å². The second kappa shape index (κ2) is 9.45. The topological polar surface area (TPSA) is 105 Å². The zero-order valence-electron chi connectivity index (χ0n) is 16.1. The number of hydrogen-bond donors (Lipinski definition) is 0. The highest BCUT2D eigenvalue weighted by molar-refractivity contribution is 5.97. The van der Waals surface area contributed by atoms with Gasteiger partial charge in [0.15, 0.2) is 23.9 Å². The van der Waals surface area contributed by atoms with Crippen molar-refractivity contribution in [3.8, 4) is 22.9 Å². The van der Waals surface area contributed by atoms with Gasteiger partial charge in [0, 0.05) is 11.1 Å². The highest BCUT2D eigenvalue weighted by atomic mass is 16.5. The zero-order valence-corrected chi connectivity index (χ0v) is 16.1. The Balaban J connectivity index is 1.52. The minimum absolute atomic E-state index is 0.0177.